The molecule has 16 heteroatoms. The quantitative estimate of drug-likeness (QED) is 0.0504. The number of rotatable bonds is 16. The normalized spacial score (nSPS) is 19.1. The predicted molar refractivity (Wildman–Crippen MR) is 206 cm³/mol. The molecule has 0 bridgehead atoms. The van der Waals surface area contributed by atoms with Crippen molar-refractivity contribution in [3.63, 3.8) is 0 Å². The summed E-state index contributed by atoms with van der Waals surface area (Å²) >= 11 is 4.85. The van der Waals surface area contributed by atoms with Crippen LogP contribution < -0.4 is 4.90 Å². The summed E-state index contributed by atoms with van der Waals surface area (Å²) in [5.74, 6) is -2.11. The Morgan fingerprint density at radius 2 is 1.31 bits per heavy atom. The highest BCUT2D eigenvalue weighted by molar-refractivity contribution is 7.86. The van der Waals surface area contributed by atoms with Crippen molar-refractivity contribution in [2.24, 2.45) is 4.99 Å². The number of anilines is 1. The molecule has 13 nitrogen and oxygen atoms in total. The second-order valence-electron chi connectivity index (χ2n) is 14.8. The van der Waals surface area contributed by atoms with Crippen molar-refractivity contribution in [2.75, 3.05) is 11.4 Å². The van der Waals surface area contributed by atoms with Crippen molar-refractivity contribution < 1.29 is 50.5 Å². The van der Waals surface area contributed by atoms with Crippen molar-refractivity contribution in [1.82, 2.24) is 0 Å². The van der Waals surface area contributed by atoms with Crippen LogP contribution >= 0.6 is 12.6 Å². The molecule has 0 saturated heterocycles. The molecule has 2 aliphatic heterocycles. The molecule has 0 fully saturated rings. The molecule has 4 N–H and O–H groups in total. The van der Waals surface area contributed by atoms with Crippen molar-refractivity contribution in [3.05, 3.63) is 80.9 Å². The van der Waals surface area contributed by atoms with Crippen LogP contribution in [0.15, 0.2) is 84.6 Å². The SMILES string of the molecule is CC1(C)C(C(CCCCCC(=O)O)=C2C(=O)C(C=C3N(CCCCCC(=O)O)c4ccc(S(=O)(=O)O)cc4C3(C)C)=C2S)=Nc2ccc(S(=O)(=O)O)cc21. The minimum atomic E-state index is -4.51. The van der Waals surface area contributed by atoms with Crippen LogP contribution in [-0.4, -0.2) is 66.1 Å². The monoisotopic (exact) mass is 800 g/mol. The molecule has 3 aliphatic rings. The molecule has 290 valence electrons. The first-order valence-electron chi connectivity index (χ1n) is 17.5. The summed E-state index contributed by atoms with van der Waals surface area (Å²) in [4.78, 5) is 43.2. The second-order valence-corrected chi connectivity index (χ2v) is 18.1. The molecular weight excluding hydrogens is 757 g/mol. The Morgan fingerprint density at radius 1 is 0.778 bits per heavy atom. The van der Waals surface area contributed by atoms with E-state index in [1.54, 1.807) is 12.1 Å². The molecule has 2 aromatic carbocycles. The van der Waals surface area contributed by atoms with E-state index in [0.717, 1.165) is 0 Å². The minimum Gasteiger partial charge on any atom is -0.481 e. The van der Waals surface area contributed by atoms with Crippen LogP contribution in [0.5, 0.6) is 0 Å². The molecule has 54 heavy (non-hydrogen) atoms. The lowest BCUT2D eigenvalue weighted by Crippen LogP contribution is -2.32. The Hall–Kier alpha value is -4.09. The van der Waals surface area contributed by atoms with Crippen molar-refractivity contribution in [3.8, 4) is 0 Å². The summed E-state index contributed by atoms with van der Waals surface area (Å²) < 4.78 is 67.7. The molecule has 5 rings (SSSR count). The van der Waals surface area contributed by atoms with Crippen LogP contribution in [0, 0.1) is 0 Å². The van der Waals surface area contributed by atoms with Gasteiger partial charge in [-0.1, -0.05) is 40.5 Å². The summed E-state index contributed by atoms with van der Waals surface area (Å²) in [5, 5.41) is 18.2. The van der Waals surface area contributed by atoms with Gasteiger partial charge in [-0.3, -0.25) is 28.5 Å². The van der Waals surface area contributed by atoms with Gasteiger partial charge in [0, 0.05) is 57.7 Å². The molecule has 1 aliphatic carbocycles. The zero-order valence-corrected chi connectivity index (χ0v) is 32.9. The lowest BCUT2D eigenvalue weighted by Gasteiger charge is -2.32. The number of carbonyl (C=O) groups excluding carboxylic acids is 1. The Bertz CT molecular complexity index is 2280. The van der Waals surface area contributed by atoms with E-state index in [1.165, 1.54) is 30.3 Å². The fraction of sp³-hybridized carbons (Fsp3) is 0.421. The number of Topliss-reactive ketones (excluding diaryl/α,β-unsaturated/α-hetero) is 1. The number of carboxylic acids is 2. The first-order chi connectivity index (χ1) is 25.1. The Balaban J connectivity index is 1.59. The highest BCUT2D eigenvalue weighted by Gasteiger charge is 2.45. The number of aliphatic carboxylic acids is 2. The number of aliphatic imine (C=N–C) groups is 1. The first-order valence-corrected chi connectivity index (χ1v) is 20.9. The number of benzene rings is 2. The minimum absolute atomic E-state index is 0.00344. The van der Waals surface area contributed by atoms with Crippen LogP contribution in [0.3, 0.4) is 0 Å². The lowest BCUT2D eigenvalue weighted by atomic mass is 9.73. The fourth-order valence-corrected chi connectivity index (χ4v) is 8.85. The number of carboxylic acid groups (broad SMARTS) is 2. The number of allylic oxidation sites excluding steroid dienone is 5. The van der Waals surface area contributed by atoms with Crippen LogP contribution in [-0.2, 0) is 45.4 Å². The Labute approximate surface area is 320 Å². The van der Waals surface area contributed by atoms with Crippen LogP contribution in [0.25, 0.3) is 0 Å². The van der Waals surface area contributed by atoms with Crippen molar-refractivity contribution in [1.29, 1.82) is 0 Å². The average molecular weight is 801 g/mol. The second kappa shape index (κ2) is 15.2. The maximum Gasteiger partial charge on any atom is 0.303 e. The topological polar surface area (TPSA) is 216 Å². The van der Waals surface area contributed by atoms with E-state index < -0.39 is 43.0 Å². The van der Waals surface area contributed by atoms with Gasteiger partial charge in [-0.15, -0.1) is 12.6 Å². The maximum atomic E-state index is 14.3. The van der Waals surface area contributed by atoms with E-state index in [-0.39, 0.29) is 28.4 Å². The smallest absolute Gasteiger partial charge is 0.303 e. The summed E-state index contributed by atoms with van der Waals surface area (Å²) in [6, 6.07) is 8.47. The van der Waals surface area contributed by atoms with E-state index in [4.69, 9.17) is 27.8 Å². The first kappa shape index (κ1) is 41.1. The van der Waals surface area contributed by atoms with E-state index in [9.17, 15) is 40.3 Å². The molecule has 0 saturated carbocycles. The number of unbranched alkanes of at least 4 members (excludes halogenated alkanes) is 4. The third kappa shape index (κ3) is 8.13. The van der Waals surface area contributed by atoms with E-state index in [0.29, 0.717) is 107 Å². The van der Waals surface area contributed by atoms with Gasteiger partial charge in [-0.05, 0) is 91.3 Å². The number of thiol groups is 1. The molecule has 2 heterocycles. The Morgan fingerprint density at radius 3 is 1.87 bits per heavy atom. The third-order valence-electron chi connectivity index (χ3n) is 10.3. The van der Waals surface area contributed by atoms with Gasteiger partial charge in [0.25, 0.3) is 20.2 Å². The van der Waals surface area contributed by atoms with Gasteiger partial charge >= 0.3 is 11.9 Å². The van der Waals surface area contributed by atoms with Crippen LogP contribution in [0.4, 0.5) is 11.4 Å². The molecule has 0 amide bonds. The third-order valence-corrected chi connectivity index (χ3v) is 12.5. The fourth-order valence-electron chi connectivity index (χ4n) is 7.43. The lowest BCUT2D eigenvalue weighted by molar-refractivity contribution is -0.138. The van der Waals surface area contributed by atoms with Crippen LogP contribution in [0.2, 0.25) is 0 Å². The molecule has 2 aromatic rings. The number of ketones is 1. The predicted octanol–water partition coefficient (Wildman–Crippen LogP) is 6.97. The van der Waals surface area contributed by atoms with Gasteiger partial charge in [0.1, 0.15) is 0 Å². The number of hydrogen-bond acceptors (Lipinski definition) is 10. The molecule has 0 radical (unpaired) electrons. The van der Waals surface area contributed by atoms with Gasteiger partial charge < -0.3 is 15.1 Å². The van der Waals surface area contributed by atoms with Crippen LogP contribution in [0.1, 0.15) is 96.6 Å². The Kier molecular flexibility index (Phi) is 11.6. The largest absolute Gasteiger partial charge is 0.481 e. The van der Waals surface area contributed by atoms with E-state index in [2.05, 4.69) is 0 Å². The van der Waals surface area contributed by atoms with Crippen molar-refractivity contribution >= 4 is 67.7 Å². The standard InChI is InChI=1S/C38H44N2O11S3/c1-37(2)27-20-23(54(49,50)51)15-17-29(27)40(18-10-6-9-13-32(43)44)30(37)21-25-34(45)33(35(25)52)24(11-7-5-8-12-31(41)42)36-38(3,4)26-19-22(53(46,47)48)14-16-28(26)39-36/h14-17,19-21,52H,5-13,18H2,1-4H3,(H,41,42)(H,43,44)(H,46,47,48)(H,49,50,51). The number of carbonyl (C=O) groups is 3. The number of hydrogen-bond donors (Lipinski definition) is 5. The zero-order valence-electron chi connectivity index (χ0n) is 30.4. The summed E-state index contributed by atoms with van der Waals surface area (Å²) in [5.41, 5.74) is 3.05. The van der Waals surface area contributed by atoms with Gasteiger partial charge in [0.2, 0.25) is 0 Å². The van der Waals surface area contributed by atoms with E-state index >= 15 is 0 Å². The number of fused-ring (bicyclic) bond motifs is 2. The maximum absolute atomic E-state index is 14.3. The van der Waals surface area contributed by atoms with Gasteiger partial charge in [-0.2, -0.15) is 16.8 Å². The van der Waals surface area contributed by atoms with Gasteiger partial charge in [0.05, 0.1) is 21.2 Å². The molecule has 0 aromatic heterocycles. The van der Waals surface area contributed by atoms with Gasteiger partial charge in [0.15, 0.2) is 5.78 Å². The van der Waals surface area contributed by atoms with E-state index in [1.807, 2.05) is 32.6 Å². The molecule has 0 atom stereocenters. The summed E-state index contributed by atoms with van der Waals surface area (Å²) in [6.07, 6.45) is 5.33. The molecule has 0 unspecified atom stereocenters. The van der Waals surface area contributed by atoms with Crippen molar-refractivity contribution in [2.45, 2.75) is 106 Å². The molecule has 0 spiro atoms. The van der Waals surface area contributed by atoms with Gasteiger partial charge in [-0.25, -0.2) is 0 Å². The molecular formula is C38H44N2O11S3. The summed E-state index contributed by atoms with van der Waals surface area (Å²) in [6.45, 7) is 7.89. The average Bonchev–Trinajstić information content (AvgIpc) is 3.45. The zero-order chi connectivity index (χ0) is 40.0. The highest BCUT2D eigenvalue weighted by Crippen LogP contribution is 2.51. The highest BCUT2D eigenvalue weighted by atomic mass is 32.2. The number of nitrogens with zero attached hydrogens (tertiary/aromatic N) is 2. The summed E-state index contributed by atoms with van der Waals surface area (Å²) in [7, 11) is -9.02.